The van der Waals surface area contributed by atoms with E-state index >= 15 is 0 Å². The van der Waals surface area contributed by atoms with E-state index in [-0.39, 0.29) is 11.6 Å². The molecule has 3 rings (SSSR count). The van der Waals surface area contributed by atoms with Crippen LogP contribution in [0, 0.1) is 5.82 Å². The van der Waals surface area contributed by atoms with Crippen LogP contribution in [0.15, 0.2) is 65.9 Å². The summed E-state index contributed by atoms with van der Waals surface area (Å²) in [7, 11) is 5.09. The van der Waals surface area contributed by atoms with Crippen molar-refractivity contribution in [2.24, 2.45) is 4.99 Å². The van der Waals surface area contributed by atoms with Crippen LogP contribution < -0.4 is 10.1 Å². The molecule has 0 atom stereocenters. The maximum Gasteiger partial charge on any atom is 0.194 e. The van der Waals surface area contributed by atoms with Crippen molar-refractivity contribution in [3.8, 4) is 5.75 Å². The number of methoxy groups -OCH3 is 1. The second-order valence-electron chi connectivity index (χ2n) is 6.68. The smallest absolute Gasteiger partial charge is 0.194 e. The topological polar surface area (TPSA) is 54.7 Å². The van der Waals surface area contributed by atoms with E-state index in [1.54, 1.807) is 19.3 Å². The Hall–Kier alpha value is -3.35. The molecule has 6 nitrogen and oxygen atoms in total. The van der Waals surface area contributed by atoms with Gasteiger partial charge in [-0.05, 0) is 23.3 Å². The molecule has 7 heteroatoms. The van der Waals surface area contributed by atoms with E-state index in [4.69, 9.17) is 4.74 Å². The number of rotatable bonds is 7. The van der Waals surface area contributed by atoms with Gasteiger partial charge in [0.1, 0.15) is 5.82 Å². The predicted molar refractivity (Wildman–Crippen MR) is 112 cm³/mol. The molecule has 0 fully saturated rings. The minimum absolute atomic E-state index is 0.240. The molecular weight excluding hydrogens is 369 g/mol. The Labute approximate surface area is 170 Å². The monoisotopic (exact) mass is 395 g/mol. The first-order valence-corrected chi connectivity index (χ1v) is 9.39. The number of halogens is 1. The summed E-state index contributed by atoms with van der Waals surface area (Å²) in [5, 5.41) is 3.33. The molecule has 3 aromatic rings. The van der Waals surface area contributed by atoms with E-state index < -0.39 is 0 Å². The number of hydrogen-bond acceptors (Lipinski definition) is 3. The fourth-order valence-electron chi connectivity index (χ4n) is 3.13. The first-order chi connectivity index (χ1) is 14.1. The zero-order valence-corrected chi connectivity index (χ0v) is 17.0. The highest BCUT2D eigenvalue weighted by atomic mass is 19.1. The van der Waals surface area contributed by atoms with Crippen molar-refractivity contribution in [3.05, 3.63) is 83.7 Å². The minimum Gasteiger partial charge on any atom is -0.494 e. The first-order valence-electron chi connectivity index (χ1n) is 9.39. The van der Waals surface area contributed by atoms with Crippen LogP contribution in [0.25, 0.3) is 0 Å². The van der Waals surface area contributed by atoms with Gasteiger partial charge in [0.05, 0.1) is 13.7 Å². The summed E-state index contributed by atoms with van der Waals surface area (Å²) in [6, 6.07) is 15.2. The minimum atomic E-state index is -0.371. The van der Waals surface area contributed by atoms with Crippen molar-refractivity contribution in [1.82, 2.24) is 19.8 Å². The van der Waals surface area contributed by atoms with Gasteiger partial charge in [-0.3, -0.25) is 4.99 Å². The summed E-state index contributed by atoms with van der Waals surface area (Å²) in [5.41, 5.74) is 2.05. The number of imidazole rings is 1. The van der Waals surface area contributed by atoms with E-state index in [1.165, 1.54) is 18.7 Å². The van der Waals surface area contributed by atoms with Crippen LogP contribution in [0.5, 0.6) is 5.75 Å². The quantitative estimate of drug-likeness (QED) is 0.493. The zero-order valence-electron chi connectivity index (χ0n) is 17.0. The van der Waals surface area contributed by atoms with Crippen LogP contribution in [-0.4, -0.2) is 41.6 Å². The number of aliphatic imine (C=N–C) groups is 1. The van der Waals surface area contributed by atoms with Crippen molar-refractivity contribution < 1.29 is 9.13 Å². The van der Waals surface area contributed by atoms with Crippen molar-refractivity contribution >= 4 is 5.96 Å². The lowest BCUT2D eigenvalue weighted by atomic mass is 10.2. The maximum atomic E-state index is 13.9. The van der Waals surface area contributed by atoms with Crippen LogP contribution in [0.2, 0.25) is 0 Å². The van der Waals surface area contributed by atoms with Crippen LogP contribution in [0.1, 0.15) is 17.0 Å². The third-order valence-electron chi connectivity index (χ3n) is 4.61. The van der Waals surface area contributed by atoms with E-state index in [9.17, 15) is 4.39 Å². The lowest BCUT2D eigenvalue weighted by Gasteiger charge is -2.22. The van der Waals surface area contributed by atoms with Crippen LogP contribution in [-0.2, 0) is 19.6 Å². The number of guanidine groups is 1. The van der Waals surface area contributed by atoms with Gasteiger partial charge in [0.2, 0.25) is 0 Å². The third-order valence-corrected chi connectivity index (χ3v) is 4.61. The molecule has 1 aromatic heterocycles. The van der Waals surface area contributed by atoms with Crippen LogP contribution >= 0.6 is 0 Å². The molecule has 0 spiro atoms. The van der Waals surface area contributed by atoms with Crippen molar-refractivity contribution in [2.75, 3.05) is 21.2 Å². The van der Waals surface area contributed by atoms with Crippen LogP contribution in [0.4, 0.5) is 4.39 Å². The fraction of sp³-hybridized carbons (Fsp3) is 0.273. The molecule has 1 N–H and O–H groups in total. The molecule has 0 aliphatic rings. The lowest BCUT2D eigenvalue weighted by Crippen LogP contribution is -2.38. The Morgan fingerprint density at radius 2 is 2.00 bits per heavy atom. The highest BCUT2D eigenvalue weighted by molar-refractivity contribution is 5.79. The SMILES string of the molecule is CN=C(NCc1nccn1Cc1ccccc1)N(C)Cc1ccc(OC)c(F)c1. The average molecular weight is 395 g/mol. The zero-order chi connectivity index (χ0) is 20.6. The van der Waals surface area contributed by atoms with Gasteiger partial charge in [-0.2, -0.15) is 0 Å². The summed E-state index contributed by atoms with van der Waals surface area (Å²) in [4.78, 5) is 10.7. The molecule has 152 valence electrons. The summed E-state index contributed by atoms with van der Waals surface area (Å²) in [5.74, 6) is 1.49. The molecule has 0 amide bonds. The first kappa shape index (κ1) is 20.4. The number of nitrogens with one attached hydrogen (secondary N) is 1. The molecule has 2 aromatic carbocycles. The second-order valence-corrected chi connectivity index (χ2v) is 6.68. The van der Waals surface area contributed by atoms with Gasteiger partial charge < -0.3 is 19.5 Å². The molecule has 0 unspecified atom stereocenters. The fourth-order valence-corrected chi connectivity index (χ4v) is 3.13. The Balaban J connectivity index is 1.61. The van der Waals surface area contributed by atoms with Gasteiger partial charge in [0.15, 0.2) is 17.5 Å². The van der Waals surface area contributed by atoms with Crippen molar-refractivity contribution in [2.45, 2.75) is 19.6 Å². The molecule has 29 heavy (non-hydrogen) atoms. The predicted octanol–water partition coefficient (Wildman–Crippen LogP) is 3.29. The number of hydrogen-bond donors (Lipinski definition) is 1. The average Bonchev–Trinajstić information content (AvgIpc) is 3.16. The molecule has 0 aliphatic heterocycles. The molecule has 1 heterocycles. The lowest BCUT2D eigenvalue weighted by molar-refractivity contribution is 0.385. The molecule has 0 saturated carbocycles. The van der Waals surface area contributed by atoms with E-state index in [1.807, 2.05) is 42.4 Å². The van der Waals surface area contributed by atoms with Gasteiger partial charge in [-0.25, -0.2) is 9.37 Å². The third kappa shape index (κ3) is 5.34. The highest BCUT2D eigenvalue weighted by Crippen LogP contribution is 2.18. The van der Waals surface area contributed by atoms with E-state index in [0.29, 0.717) is 19.0 Å². The summed E-state index contributed by atoms with van der Waals surface area (Å²) in [6.07, 6.45) is 3.77. The van der Waals surface area contributed by atoms with E-state index in [2.05, 4.69) is 32.0 Å². The number of ether oxygens (including phenoxy) is 1. The Morgan fingerprint density at radius 1 is 1.21 bits per heavy atom. The Kier molecular flexibility index (Phi) is 6.84. The molecule has 0 radical (unpaired) electrons. The molecule has 0 bridgehead atoms. The van der Waals surface area contributed by atoms with Crippen molar-refractivity contribution in [3.63, 3.8) is 0 Å². The number of benzene rings is 2. The summed E-state index contributed by atoms with van der Waals surface area (Å²) >= 11 is 0. The van der Waals surface area contributed by atoms with Gasteiger partial charge in [0, 0.05) is 39.6 Å². The van der Waals surface area contributed by atoms with Crippen LogP contribution in [0.3, 0.4) is 0 Å². The number of aromatic nitrogens is 2. The maximum absolute atomic E-state index is 13.9. The normalized spacial score (nSPS) is 11.4. The standard InChI is InChI=1S/C22H26FN5O/c1-24-22(27(2)15-18-9-10-20(29-3)19(23)13-18)26-14-21-25-11-12-28(21)16-17-7-5-4-6-8-17/h4-13H,14-16H2,1-3H3,(H,24,26). The second kappa shape index (κ2) is 9.73. The Morgan fingerprint density at radius 3 is 2.69 bits per heavy atom. The molecular formula is C22H26FN5O. The van der Waals surface area contributed by atoms with E-state index in [0.717, 1.165) is 17.9 Å². The number of nitrogens with zero attached hydrogens (tertiary/aromatic N) is 4. The highest BCUT2D eigenvalue weighted by Gasteiger charge is 2.11. The molecule has 0 aliphatic carbocycles. The summed E-state index contributed by atoms with van der Waals surface area (Å²) in [6.45, 7) is 1.81. The van der Waals surface area contributed by atoms with Gasteiger partial charge in [-0.1, -0.05) is 36.4 Å². The van der Waals surface area contributed by atoms with Gasteiger partial charge in [0.25, 0.3) is 0 Å². The summed E-state index contributed by atoms with van der Waals surface area (Å²) < 4.78 is 21.0. The van der Waals surface area contributed by atoms with Crippen molar-refractivity contribution in [1.29, 1.82) is 0 Å². The van der Waals surface area contributed by atoms with Gasteiger partial charge >= 0.3 is 0 Å². The van der Waals surface area contributed by atoms with Gasteiger partial charge in [-0.15, -0.1) is 0 Å². The largest absolute Gasteiger partial charge is 0.494 e. The Bertz CT molecular complexity index is 955. The molecule has 0 saturated heterocycles.